The fourth-order valence-electron chi connectivity index (χ4n) is 3.32. The number of hydrogen-bond donors (Lipinski definition) is 1. The Labute approximate surface area is 202 Å². The van der Waals surface area contributed by atoms with E-state index in [1.807, 2.05) is 45.0 Å². The second-order valence-corrected chi connectivity index (χ2v) is 10.4. The summed E-state index contributed by atoms with van der Waals surface area (Å²) in [6.07, 6.45) is 1.80. The molecule has 0 unspecified atom stereocenters. The second-order valence-electron chi connectivity index (χ2n) is 8.47. The minimum atomic E-state index is -3.79. The zero-order valence-electron chi connectivity index (χ0n) is 20.7. The second kappa shape index (κ2) is 11.9. The van der Waals surface area contributed by atoms with Crippen LogP contribution in [-0.4, -0.2) is 57.1 Å². The molecule has 34 heavy (non-hydrogen) atoms. The summed E-state index contributed by atoms with van der Waals surface area (Å²) < 4.78 is 31.5. The van der Waals surface area contributed by atoms with Gasteiger partial charge in [0.25, 0.3) is 0 Å². The fraction of sp³-hybridized carbons (Fsp3) is 0.440. The summed E-state index contributed by atoms with van der Waals surface area (Å²) in [4.78, 5) is 27.8. The largest absolute Gasteiger partial charge is 0.497 e. The van der Waals surface area contributed by atoms with E-state index in [0.29, 0.717) is 11.4 Å². The van der Waals surface area contributed by atoms with Crippen LogP contribution in [0, 0.1) is 6.92 Å². The molecule has 0 aliphatic rings. The van der Waals surface area contributed by atoms with Crippen molar-refractivity contribution in [2.45, 2.75) is 52.7 Å². The van der Waals surface area contributed by atoms with Crippen molar-refractivity contribution in [3.8, 4) is 5.75 Å². The van der Waals surface area contributed by atoms with Crippen LogP contribution in [0.25, 0.3) is 0 Å². The molecule has 2 amide bonds. The Morgan fingerprint density at radius 1 is 1.09 bits per heavy atom. The molecule has 0 bridgehead atoms. The molecule has 0 spiro atoms. The van der Waals surface area contributed by atoms with Crippen molar-refractivity contribution in [2.24, 2.45) is 0 Å². The van der Waals surface area contributed by atoms with Gasteiger partial charge in [0.05, 0.1) is 19.1 Å². The van der Waals surface area contributed by atoms with Crippen LogP contribution in [0.2, 0.25) is 0 Å². The van der Waals surface area contributed by atoms with Crippen LogP contribution in [0.4, 0.5) is 5.69 Å². The number of methoxy groups -OCH3 is 1. The van der Waals surface area contributed by atoms with Crippen LogP contribution in [-0.2, 0) is 26.2 Å². The maximum Gasteiger partial charge on any atom is 0.244 e. The van der Waals surface area contributed by atoms with Crippen molar-refractivity contribution in [1.82, 2.24) is 10.2 Å². The highest BCUT2D eigenvalue weighted by Gasteiger charge is 2.30. The van der Waals surface area contributed by atoms with Crippen molar-refractivity contribution >= 4 is 27.5 Å². The Morgan fingerprint density at radius 2 is 1.74 bits per heavy atom. The molecule has 0 radical (unpaired) electrons. The number of aryl methyl sites for hydroxylation is 1. The summed E-state index contributed by atoms with van der Waals surface area (Å²) in [6, 6.07) is 13.3. The zero-order valence-corrected chi connectivity index (χ0v) is 21.6. The molecule has 9 heteroatoms. The summed E-state index contributed by atoms with van der Waals surface area (Å²) in [7, 11) is -2.31. The number of sulfonamides is 1. The van der Waals surface area contributed by atoms with E-state index in [4.69, 9.17) is 4.74 Å². The lowest BCUT2D eigenvalue weighted by Crippen LogP contribution is -2.52. The van der Waals surface area contributed by atoms with Gasteiger partial charge >= 0.3 is 0 Å². The van der Waals surface area contributed by atoms with Gasteiger partial charge in [-0.15, -0.1) is 0 Å². The first kappa shape index (κ1) is 27.2. The topological polar surface area (TPSA) is 96.0 Å². The number of anilines is 1. The number of amides is 2. The number of hydrogen-bond acceptors (Lipinski definition) is 5. The molecule has 2 aromatic rings. The number of rotatable bonds is 11. The standard InChI is InChI=1S/C25H35N3O5S/c1-7-19(3)26-25(30)20(4)27(16-21-13-11-18(2)12-14-21)24(29)17-28(34(6,31)32)22-9-8-10-23(15-22)33-5/h8-15,19-20H,7,16-17H2,1-6H3,(H,26,30)/t19-,20+/m1/s1. The molecule has 0 saturated carbocycles. The fourth-order valence-corrected chi connectivity index (χ4v) is 4.16. The molecular formula is C25H35N3O5S. The Hall–Kier alpha value is -3.07. The van der Waals surface area contributed by atoms with Gasteiger partial charge in [0.1, 0.15) is 18.3 Å². The molecule has 0 aliphatic carbocycles. The number of benzene rings is 2. The SMILES string of the molecule is CC[C@@H](C)NC(=O)[C@H](C)N(Cc1ccc(C)cc1)C(=O)CN(c1cccc(OC)c1)S(C)(=O)=O. The lowest BCUT2D eigenvalue weighted by atomic mass is 10.1. The van der Waals surface area contributed by atoms with E-state index in [-0.39, 0.29) is 18.5 Å². The molecule has 1 N–H and O–H groups in total. The third-order valence-electron chi connectivity index (χ3n) is 5.66. The molecule has 0 saturated heterocycles. The lowest BCUT2D eigenvalue weighted by molar-refractivity contribution is -0.139. The normalized spacial score (nSPS) is 13.0. The molecule has 2 aromatic carbocycles. The van der Waals surface area contributed by atoms with Gasteiger partial charge in [-0.25, -0.2) is 8.42 Å². The molecule has 2 atom stereocenters. The van der Waals surface area contributed by atoms with E-state index in [2.05, 4.69) is 5.32 Å². The van der Waals surface area contributed by atoms with Gasteiger partial charge in [-0.1, -0.05) is 42.8 Å². The highest BCUT2D eigenvalue weighted by atomic mass is 32.2. The third-order valence-corrected chi connectivity index (χ3v) is 6.80. The average molecular weight is 490 g/mol. The van der Waals surface area contributed by atoms with E-state index in [1.165, 1.54) is 12.0 Å². The molecule has 0 aliphatic heterocycles. The van der Waals surface area contributed by atoms with Crippen LogP contribution in [0.1, 0.15) is 38.3 Å². The highest BCUT2D eigenvalue weighted by molar-refractivity contribution is 7.92. The first-order chi connectivity index (χ1) is 16.0. The quantitative estimate of drug-likeness (QED) is 0.523. The van der Waals surface area contributed by atoms with Gasteiger partial charge in [0, 0.05) is 18.7 Å². The summed E-state index contributed by atoms with van der Waals surface area (Å²) in [6.45, 7) is 7.20. The molecule has 0 aromatic heterocycles. The minimum Gasteiger partial charge on any atom is -0.497 e. The Balaban J connectivity index is 2.38. The lowest BCUT2D eigenvalue weighted by Gasteiger charge is -2.32. The van der Waals surface area contributed by atoms with Crippen molar-refractivity contribution in [2.75, 3.05) is 24.2 Å². The van der Waals surface area contributed by atoms with E-state index in [9.17, 15) is 18.0 Å². The predicted molar refractivity (Wildman–Crippen MR) is 134 cm³/mol. The summed E-state index contributed by atoms with van der Waals surface area (Å²) in [5, 5.41) is 2.91. The maximum atomic E-state index is 13.5. The monoisotopic (exact) mass is 489 g/mol. The van der Waals surface area contributed by atoms with Gasteiger partial charge in [0.2, 0.25) is 21.8 Å². The predicted octanol–water partition coefficient (Wildman–Crippen LogP) is 3.10. The Morgan fingerprint density at radius 3 is 2.29 bits per heavy atom. The number of ether oxygens (including phenoxy) is 1. The highest BCUT2D eigenvalue weighted by Crippen LogP contribution is 2.23. The van der Waals surface area contributed by atoms with Crippen molar-refractivity contribution in [3.63, 3.8) is 0 Å². The summed E-state index contributed by atoms with van der Waals surface area (Å²) in [5.74, 6) is -0.306. The van der Waals surface area contributed by atoms with Crippen molar-refractivity contribution < 1.29 is 22.7 Å². The van der Waals surface area contributed by atoms with Gasteiger partial charge in [0.15, 0.2) is 0 Å². The number of nitrogens with zero attached hydrogens (tertiary/aromatic N) is 2. The number of nitrogens with one attached hydrogen (secondary N) is 1. The Kier molecular flexibility index (Phi) is 9.49. The smallest absolute Gasteiger partial charge is 0.244 e. The molecule has 0 fully saturated rings. The van der Waals surface area contributed by atoms with Crippen molar-refractivity contribution in [3.05, 3.63) is 59.7 Å². The number of carbonyl (C=O) groups excluding carboxylic acids is 2. The van der Waals surface area contributed by atoms with Crippen LogP contribution in [0.5, 0.6) is 5.75 Å². The van der Waals surface area contributed by atoms with Crippen LogP contribution >= 0.6 is 0 Å². The van der Waals surface area contributed by atoms with E-state index in [0.717, 1.165) is 28.1 Å². The average Bonchev–Trinajstić information content (AvgIpc) is 2.80. The Bertz CT molecular complexity index is 1090. The van der Waals surface area contributed by atoms with Gasteiger partial charge in [-0.2, -0.15) is 0 Å². The zero-order chi connectivity index (χ0) is 25.5. The van der Waals surface area contributed by atoms with Crippen LogP contribution < -0.4 is 14.4 Å². The first-order valence-electron chi connectivity index (χ1n) is 11.2. The van der Waals surface area contributed by atoms with Crippen molar-refractivity contribution in [1.29, 1.82) is 0 Å². The molecule has 8 nitrogen and oxygen atoms in total. The molecule has 0 heterocycles. The summed E-state index contributed by atoms with van der Waals surface area (Å²) in [5.41, 5.74) is 2.22. The van der Waals surface area contributed by atoms with Gasteiger partial charge in [-0.3, -0.25) is 13.9 Å². The molecular weight excluding hydrogens is 454 g/mol. The number of carbonyl (C=O) groups is 2. The minimum absolute atomic E-state index is 0.0458. The van der Waals surface area contributed by atoms with E-state index >= 15 is 0 Å². The summed E-state index contributed by atoms with van der Waals surface area (Å²) >= 11 is 0. The van der Waals surface area contributed by atoms with Gasteiger partial charge < -0.3 is 15.0 Å². The first-order valence-corrected chi connectivity index (χ1v) is 13.1. The maximum absolute atomic E-state index is 13.5. The van der Waals surface area contributed by atoms with E-state index < -0.39 is 28.5 Å². The van der Waals surface area contributed by atoms with Gasteiger partial charge in [-0.05, 0) is 44.9 Å². The van der Waals surface area contributed by atoms with Crippen LogP contribution in [0.3, 0.4) is 0 Å². The van der Waals surface area contributed by atoms with Crippen LogP contribution in [0.15, 0.2) is 48.5 Å². The van der Waals surface area contributed by atoms with E-state index in [1.54, 1.807) is 31.2 Å². The molecule has 2 rings (SSSR count). The third kappa shape index (κ3) is 7.48. The molecule has 186 valence electrons.